The van der Waals surface area contributed by atoms with Gasteiger partial charge in [-0.25, -0.2) is 0 Å². The van der Waals surface area contributed by atoms with Gasteiger partial charge in [0.15, 0.2) is 0 Å². The highest BCUT2D eigenvalue weighted by atomic mass is 16.5. The van der Waals surface area contributed by atoms with E-state index in [1.807, 2.05) is 6.92 Å². The number of carbonyl (C=O) groups is 1. The molecule has 0 spiro atoms. The quantitative estimate of drug-likeness (QED) is 0.729. The van der Waals surface area contributed by atoms with Crippen molar-refractivity contribution >= 4 is 5.97 Å². The van der Waals surface area contributed by atoms with Crippen LogP contribution in [-0.4, -0.2) is 61.1 Å². The monoisotopic (exact) mass is 268 g/mol. The molecule has 1 aliphatic heterocycles. The second kappa shape index (κ2) is 6.71. The van der Waals surface area contributed by atoms with E-state index in [2.05, 4.69) is 16.8 Å². The highest BCUT2D eigenvalue weighted by Crippen LogP contribution is 2.37. The molecule has 2 rings (SSSR count). The summed E-state index contributed by atoms with van der Waals surface area (Å²) in [5.74, 6) is -0.0108. The largest absolute Gasteiger partial charge is 0.466 e. The summed E-state index contributed by atoms with van der Waals surface area (Å²) in [7, 11) is 2.18. The van der Waals surface area contributed by atoms with Gasteiger partial charge in [-0.1, -0.05) is 19.3 Å². The van der Waals surface area contributed by atoms with Gasteiger partial charge in [-0.2, -0.15) is 0 Å². The van der Waals surface area contributed by atoms with E-state index in [1.165, 1.54) is 19.3 Å². The predicted octanol–water partition coefficient (Wildman–Crippen LogP) is 1.89. The standard InChI is InChI=1S/C15H28N2O2/c1-3-19-14(18)13-15(7-5-4-6-8-15)17-11-9-16(2)10-12-17/h3-13H2,1-2H3. The van der Waals surface area contributed by atoms with Gasteiger partial charge in [0.05, 0.1) is 13.0 Å². The highest BCUT2D eigenvalue weighted by molar-refractivity contribution is 5.71. The van der Waals surface area contributed by atoms with E-state index in [0.29, 0.717) is 13.0 Å². The number of carbonyl (C=O) groups excluding carboxylic acids is 1. The minimum atomic E-state index is -0.0108. The first kappa shape index (κ1) is 14.8. The van der Waals surface area contributed by atoms with Crippen LogP contribution < -0.4 is 0 Å². The molecule has 2 aliphatic rings. The lowest BCUT2D eigenvalue weighted by molar-refractivity contribution is -0.148. The van der Waals surface area contributed by atoms with Gasteiger partial charge >= 0.3 is 5.97 Å². The zero-order valence-corrected chi connectivity index (χ0v) is 12.5. The molecule has 0 unspecified atom stereocenters. The van der Waals surface area contributed by atoms with E-state index in [9.17, 15) is 4.79 Å². The molecule has 1 saturated carbocycles. The number of likely N-dealkylation sites (N-methyl/N-ethyl adjacent to an activating group) is 1. The zero-order valence-electron chi connectivity index (χ0n) is 12.5. The molecular formula is C15H28N2O2. The number of esters is 1. The molecule has 0 N–H and O–H groups in total. The van der Waals surface area contributed by atoms with E-state index in [-0.39, 0.29) is 11.5 Å². The van der Waals surface area contributed by atoms with E-state index < -0.39 is 0 Å². The number of ether oxygens (including phenoxy) is 1. The first-order chi connectivity index (χ1) is 9.16. The van der Waals surface area contributed by atoms with Crippen LogP contribution in [0.15, 0.2) is 0 Å². The van der Waals surface area contributed by atoms with Crippen molar-refractivity contribution in [2.45, 2.75) is 51.0 Å². The fourth-order valence-electron chi connectivity index (χ4n) is 3.58. The maximum atomic E-state index is 12.0. The fourth-order valence-corrected chi connectivity index (χ4v) is 3.58. The molecule has 4 heteroatoms. The molecule has 2 fully saturated rings. The molecule has 19 heavy (non-hydrogen) atoms. The molecule has 0 amide bonds. The molecule has 0 aromatic rings. The SMILES string of the molecule is CCOC(=O)CC1(N2CCN(C)CC2)CCCCC1. The van der Waals surface area contributed by atoms with Gasteiger partial charge in [0.2, 0.25) is 0 Å². The van der Waals surface area contributed by atoms with Crippen LogP contribution in [0, 0.1) is 0 Å². The summed E-state index contributed by atoms with van der Waals surface area (Å²) in [6, 6.07) is 0. The first-order valence-corrected chi connectivity index (χ1v) is 7.75. The second-order valence-electron chi connectivity index (χ2n) is 6.06. The Labute approximate surface area is 117 Å². The Morgan fingerprint density at radius 3 is 2.32 bits per heavy atom. The maximum absolute atomic E-state index is 12.0. The average Bonchev–Trinajstić information content (AvgIpc) is 2.40. The molecule has 1 aliphatic carbocycles. The van der Waals surface area contributed by atoms with Crippen molar-refractivity contribution in [3.05, 3.63) is 0 Å². The molecule has 4 nitrogen and oxygen atoms in total. The molecule has 110 valence electrons. The van der Waals surface area contributed by atoms with Crippen LogP contribution >= 0.6 is 0 Å². The van der Waals surface area contributed by atoms with Gasteiger partial charge in [-0.15, -0.1) is 0 Å². The van der Waals surface area contributed by atoms with Crippen molar-refractivity contribution in [2.24, 2.45) is 0 Å². The molecule has 0 aromatic carbocycles. The summed E-state index contributed by atoms with van der Waals surface area (Å²) in [5, 5.41) is 0. The van der Waals surface area contributed by atoms with E-state index in [4.69, 9.17) is 4.74 Å². The summed E-state index contributed by atoms with van der Waals surface area (Å²) in [6.45, 7) is 6.81. The maximum Gasteiger partial charge on any atom is 0.307 e. The van der Waals surface area contributed by atoms with Gasteiger partial charge in [-0.3, -0.25) is 9.69 Å². The van der Waals surface area contributed by atoms with Crippen LogP contribution in [0.3, 0.4) is 0 Å². The number of hydrogen-bond donors (Lipinski definition) is 0. The number of rotatable bonds is 4. The van der Waals surface area contributed by atoms with Crippen LogP contribution in [0.5, 0.6) is 0 Å². The van der Waals surface area contributed by atoms with Crippen molar-refractivity contribution < 1.29 is 9.53 Å². The third kappa shape index (κ3) is 3.69. The predicted molar refractivity (Wildman–Crippen MR) is 76.1 cm³/mol. The third-order valence-electron chi connectivity index (χ3n) is 4.74. The van der Waals surface area contributed by atoms with Crippen molar-refractivity contribution in [1.29, 1.82) is 0 Å². The molecule has 0 atom stereocenters. The highest BCUT2D eigenvalue weighted by Gasteiger charge is 2.40. The van der Waals surface area contributed by atoms with Crippen LogP contribution in [0.1, 0.15) is 45.4 Å². The van der Waals surface area contributed by atoms with Gasteiger partial charge in [0.25, 0.3) is 0 Å². The molecule has 0 bridgehead atoms. The summed E-state index contributed by atoms with van der Waals surface area (Å²) in [5.41, 5.74) is 0.0891. The normalized spacial score (nSPS) is 25.2. The van der Waals surface area contributed by atoms with Crippen LogP contribution in [0.4, 0.5) is 0 Å². The molecular weight excluding hydrogens is 240 g/mol. The molecule has 1 heterocycles. The summed E-state index contributed by atoms with van der Waals surface area (Å²) in [4.78, 5) is 16.9. The van der Waals surface area contributed by atoms with Gasteiger partial charge < -0.3 is 9.64 Å². The lowest BCUT2D eigenvalue weighted by atomic mass is 9.77. The summed E-state index contributed by atoms with van der Waals surface area (Å²) in [6.07, 6.45) is 6.74. The first-order valence-electron chi connectivity index (χ1n) is 7.75. The fraction of sp³-hybridized carbons (Fsp3) is 0.933. The smallest absolute Gasteiger partial charge is 0.307 e. The Kier molecular flexibility index (Phi) is 5.22. The zero-order chi connectivity index (χ0) is 13.7. The molecule has 1 saturated heterocycles. The third-order valence-corrected chi connectivity index (χ3v) is 4.74. The second-order valence-corrected chi connectivity index (χ2v) is 6.06. The van der Waals surface area contributed by atoms with E-state index >= 15 is 0 Å². The van der Waals surface area contributed by atoms with Crippen molar-refractivity contribution in [2.75, 3.05) is 39.8 Å². The van der Waals surface area contributed by atoms with Gasteiger partial charge in [0, 0.05) is 31.7 Å². The van der Waals surface area contributed by atoms with Gasteiger partial charge in [0.1, 0.15) is 0 Å². The number of piperazine rings is 1. The number of nitrogens with zero attached hydrogens (tertiary/aromatic N) is 2. The Hall–Kier alpha value is -0.610. The van der Waals surface area contributed by atoms with Crippen LogP contribution in [0.2, 0.25) is 0 Å². The average molecular weight is 268 g/mol. The Morgan fingerprint density at radius 1 is 1.11 bits per heavy atom. The van der Waals surface area contributed by atoms with Crippen molar-refractivity contribution in [3.63, 3.8) is 0 Å². The molecule has 0 radical (unpaired) electrons. The van der Waals surface area contributed by atoms with Crippen LogP contribution in [0.25, 0.3) is 0 Å². The van der Waals surface area contributed by atoms with Crippen molar-refractivity contribution in [1.82, 2.24) is 9.80 Å². The summed E-state index contributed by atoms with van der Waals surface area (Å²) < 4.78 is 5.21. The lowest BCUT2D eigenvalue weighted by Crippen LogP contribution is -2.58. The topological polar surface area (TPSA) is 32.8 Å². The Morgan fingerprint density at radius 2 is 1.74 bits per heavy atom. The van der Waals surface area contributed by atoms with Crippen molar-refractivity contribution in [3.8, 4) is 0 Å². The minimum Gasteiger partial charge on any atom is -0.466 e. The Balaban J connectivity index is 2.03. The minimum absolute atomic E-state index is 0.0108. The Bertz CT molecular complexity index is 293. The number of hydrogen-bond acceptors (Lipinski definition) is 4. The summed E-state index contributed by atoms with van der Waals surface area (Å²) >= 11 is 0. The van der Waals surface area contributed by atoms with Crippen LogP contribution in [-0.2, 0) is 9.53 Å². The van der Waals surface area contributed by atoms with E-state index in [0.717, 1.165) is 39.0 Å². The van der Waals surface area contributed by atoms with Gasteiger partial charge in [-0.05, 0) is 26.8 Å². The van der Waals surface area contributed by atoms with E-state index in [1.54, 1.807) is 0 Å². The lowest BCUT2D eigenvalue weighted by Gasteiger charge is -2.49. The molecule has 0 aromatic heterocycles.